The Kier molecular flexibility index (Phi) is 4.67. The lowest BCUT2D eigenvalue weighted by molar-refractivity contribution is -0.136. The second-order valence-electron chi connectivity index (χ2n) is 3.81. The van der Waals surface area contributed by atoms with E-state index in [0.29, 0.717) is 12.5 Å². The van der Waals surface area contributed by atoms with Gasteiger partial charge in [-0.2, -0.15) is 4.37 Å². The van der Waals surface area contributed by atoms with Gasteiger partial charge in [0.2, 0.25) is 5.13 Å². The molecule has 0 aromatic carbocycles. The molecular weight excluding hydrogens is 226 g/mol. The van der Waals surface area contributed by atoms with E-state index in [-0.39, 0.29) is 6.42 Å². The Bertz CT molecular complexity index is 352. The van der Waals surface area contributed by atoms with Gasteiger partial charge < -0.3 is 10.0 Å². The van der Waals surface area contributed by atoms with Crippen LogP contribution in [-0.4, -0.2) is 33.5 Å². The number of carboxylic acids is 1. The predicted molar refractivity (Wildman–Crippen MR) is 64.1 cm³/mol. The van der Waals surface area contributed by atoms with Crippen LogP contribution in [0.15, 0.2) is 0 Å². The summed E-state index contributed by atoms with van der Waals surface area (Å²) >= 11 is 1.33. The zero-order chi connectivity index (χ0) is 12.1. The number of carboxylic acid groups (broad SMARTS) is 1. The molecule has 1 aromatic rings. The average Bonchev–Trinajstić information content (AvgIpc) is 2.67. The first-order valence-electron chi connectivity index (χ1n) is 5.35. The van der Waals surface area contributed by atoms with Crippen molar-refractivity contribution in [2.75, 3.05) is 18.0 Å². The SMILES string of the molecule is CCN(CCC(=O)O)c1nc(C(C)C)ns1. The summed E-state index contributed by atoms with van der Waals surface area (Å²) in [5, 5.41) is 9.45. The van der Waals surface area contributed by atoms with E-state index in [0.717, 1.165) is 17.5 Å². The van der Waals surface area contributed by atoms with Gasteiger partial charge in [0.25, 0.3) is 0 Å². The van der Waals surface area contributed by atoms with Crippen LogP contribution in [-0.2, 0) is 4.79 Å². The highest BCUT2D eigenvalue weighted by molar-refractivity contribution is 7.09. The molecule has 16 heavy (non-hydrogen) atoms. The quantitative estimate of drug-likeness (QED) is 0.827. The summed E-state index contributed by atoms with van der Waals surface area (Å²) in [5.74, 6) is 0.351. The minimum absolute atomic E-state index is 0.129. The van der Waals surface area contributed by atoms with E-state index < -0.39 is 5.97 Å². The molecule has 0 fully saturated rings. The fourth-order valence-electron chi connectivity index (χ4n) is 1.21. The number of nitrogens with zero attached hydrogens (tertiary/aromatic N) is 3. The van der Waals surface area contributed by atoms with E-state index in [1.165, 1.54) is 11.5 Å². The Labute approximate surface area is 99.3 Å². The fourth-order valence-corrected chi connectivity index (χ4v) is 2.11. The van der Waals surface area contributed by atoms with Crippen molar-refractivity contribution in [2.45, 2.75) is 33.1 Å². The molecule has 0 amide bonds. The highest BCUT2D eigenvalue weighted by Gasteiger charge is 2.13. The smallest absolute Gasteiger partial charge is 0.305 e. The van der Waals surface area contributed by atoms with E-state index in [1.54, 1.807) is 0 Å². The highest BCUT2D eigenvalue weighted by atomic mass is 32.1. The normalized spacial score (nSPS) is 10.8. The molecule has 0 bridgehead atoms. The van der Waals surface area contributed by atoms with Crippen LogP contribution < -0.4 is 4.90 Å². The maximum absolute atomic E-state index is 10.5. The molecule has 1 heterocycles. The van der Waals surface area contributed by atoms with Gasteiger partial charge in [0, 0.05) is 30.5 Å². The van der Waals surface area contributed by atoms with Gasteiger partial charge in [-0.25, -0.2) is 4.98 Å². The van der Waals surface area contributed by atoms with E-state index in [9.17, 15) is 4.79 Å². The molecular formula is C10H17N3O2S. The lowest BCUT2D eigenvalue weighted by Gasteiger charge is -2.17. The molecule has 0 unspecified atom stereocenters. The first-order chi connectivity index (χ1) is 7.54. The molecule has 5 nitrogen and oxygen atoms in total. The molecule has 0 spiro atoms. The van der Waals surface area contributed by atoms with Gasteiger partial charge in [-0.15, -0.1) is 0 Å². The third-order valence-corrected chi connectivity index (χ3v) is 2.99. The first-order valence-corrected chi connectivity index (χ1v) is 6.12. The van der Waals surface area contributed by atoms with Gasteiger partial charge in [-0.05, 0) is 6.92 Å². The summed E-state index contributed by atoms with van der Waals surface area (Å²) < 4.78 is 4.25. The Hall–Kier alpha value is -1.17. The van der Waals surface area contributed by atoms with Crippen molar-refractivity contribution in [3.63, 3.8) is 0 Å². The van der Waals surface area contributed by atoms with Crippen LogP contribution >= 0.6 is 11.5 Å². The van der Waals surface area contributed by atoms with Crippen molar-refractivity contribution in [2.24, 2.45) is 0 Å². The Morgan fingerprint density at radius 1 is 1.56 bits per heavy atom. The Morgan fingerprint density at radius 2 is 2.25 bits per heavy atom. The monoisotopic (exact) mass is 243 g/mol. The van der Waals surface area contributed by atoms with E-state index >= 15 is 0 Å². The molecule has 0 aliphatic rings. The van der Waals surface area contributed by atoms with Crippen LogP contribution in [0.5, 0.6) is 0 Å². The van der Waals surface area contributed by atoms with Crippen LogP contribution in [0.2, 0.25) is 0 Å². The van der Waals surface area contributed by atoms with Gasteiger partial charge >= 0.3 is 5.97 Å². The second-order valence-corrected chi connectivity index (χ2v) is 4.54. The summed E-state index contributed by atoms with van der Waals surface area (Å²) in [6.07, 6.45) is 0.129. The molecule has 1 N–H and O–H groups in total. The molecule has 0 aliphatic carbocycles. The topological polar surface area (TPSA) is 66.3 Å². The molecule has 0 atom stereocenters. The van der Waals surface area contributed by atoms with E-state index in [1.807, 2.05) is 25.7 Å². The molecule has 0 radical (unpaired) electrons. The first kappa shape index (κ1) is 12.9. The number of hydrogen-bond donors (Lipinski definition) is 1. The maximum Gasteiger partial charge on any atom is 0.305 e. The summed E-state index contributed by atoms with van der Waals surface area (Å²) in [6, 6.07) is 0. The lowest BCUT2D eigenvalue weighted by atomic mass is 10.2. The molecule has 6 heteroatoms. The molecule has 1 rings (SSSR count). The van der Waals surface area contributed by atoms with Crippen LogP contribution in [0.3, 0.4) is 0 Å². The van der Waals surface area contributed by atoms with Crippen molar-refractivity contribution in [1.82, 2.24) is 9.36 Å². The molecule has 0 saturated heterocycles. The third kappa shape index (κ3) is 3.44. The van der Waals surface area contributed by atoms with Crippen molar-refractivity contribution in [3.05, 3.63) is 5.82 Å². The van der Waals surface area contributed by atoms with Crippen LogP contribution in [0.1, 0.15) is 38.9 Å². The second kappa shape index (κ2) is 5.79. The van der Waals surface area contributed by atoms with Crippen LogP contribution in [0.25, 0.3) is 0 Å². The summed E-state index contributed by atoms with van der Waals surface area (Å²) in [7, 11) is 0. The zero-order valence-corrected chi connectivity index (χ0v) is 10.6. The molecule has 1 aromatic heterocycles. The maximum atomic E-state index is 10.5. The summed E-state index contributed by atoms with van der Waals surface area (Å²) in [6.45, 7) is 7.30. The number of aliphatic carboxylic acids is 1. The minimum atomic E-state index is -0.785. The Morgan fingerprint density at radius 3 is 2.69 bits per heavy atom. The summed E-state index contributed by atoms with van der Waals surface area (Å²) in [4.78, 5) is 16.8. The van der Waals surface area contributed by atoms with Gasteiger partial charge in [-0.3, -0.25) is 4.79 Å². The van der Waals surface area contributed by atoms with Gasteiger partial charge in [0.1, 0.15) is 5.82 Å². The number of hydrogen-bond acceptors (Lipinski definition) is 5. The van der Waals surface area contributed by atoms with Crippen molar-refractivity contribution < 1.29 is 9.90 Å². The van der Waals surface area contributed by atoms with Crippen molar-refractivity contribution in [1.29, 1.82) is 0 Å². The summed E-state index contributed by atoms with van der Waals surface area (Å²) in [5.41, 5.74) is 0. The van der Waals surface area contributed by atoms with Gasteiger partial charge in [-0.1, -0.05) is 13.8 Å². The third-order valence-electron chi connectivity index (χ3n) is 2.20. The highest BCUT2D eigenvalue weighted by Crippen LogP contribution is 2.21. The van der Waals surface area contributed by atoms with Gasteiger partial charge in [0.15, 0.2) is 0 Å². The largest absolute Gasteiger partial charge is 0.481 e. The average molecular weight is 243 g/mol. The fraction of sp³-hybridized carbons (Fsp3) is 0.700. The number of rotatable bonds is 6. The molecule has 0 saturated carbocycles. The number of aromatic nitrogens is 2. The van der Waals surface area contributed by atoms with Crippen LogP contribution in [0.4, 0.5) is 5.13 Å². The van der Waals surface area contributed by atoms with E-state index in [2.05, 4.69) is 9.36 Å². The van der Waals surface area contributed by atoms with Crippen molar-refractivity contribution >= 4 is 22.6 Å². The Balaban J connectivity index is 2.67. The number of anilines is 1. The minimum Gasteiger partial charge on any atom is -0.481 e. The lowest BCUT2D eigenvalue weighted by Crippen LogP contribution is -2.25. The standard InChI is InChI=1S/C10H17N3O2S/c1-4-13(6-5-8(14)15)10-11-9(7(2)3)12-16-10/h7H,4-6H2,1-3H3,(H,14,15). The molecule has 0 aliphatic heterocycles. The van der Waals surface area contributed by atoms with E-state index in [4.69, 9.17) is 5.11 Å². The molecule has 90 valence electrons. The number of carbonyl (C=O) groups is 1. The zero-order valence-electron chi connectivity index (χ0n) is 9.80. The van der Waals surface area contributed by atoms with Gasteiger partial charge in [0.05, 0.1) is 6.42 Å². The van der Waals surface area contributed by atoms with Crippen LogP contribution in [0, 0.1) is 0 Å². The van der Waals surface area contributed by atoms with Crippen molar-refractivity contribution in [3.8, 4) is 0 Å². The predicted octanol–water partition coefficient (Wildman–Crippen LogP) is 1.96.